The van der Waals surface area contributed by atoms with Crippen LogP contribution < -0.4 is 5.32 Å². The molecule has 94 valence electrons. The van der Waals surface area contributed by atoms with Crippen LogP contribution in [0.5, 0.6) is 0 Å². The zero-order valence-corrected chi connectivity index (χ0v) is 11.4. The van der Waals surface area contributed by atoms with Crippen LogP contribution in [-0.4, -0.2) is 13.1 Å². The first-order valence-corrected chi connectivity index (χ1v) is 7.23. The topological polar surface area (TPSA) is 12.0 Å². The third-order valence-corrected chi connectivity index (χ3v) is 5.07. The Balaban J connectivity index is 1.97. The summed E-state index contributed by atoms with van der Waals surface area (Å²) in [6.07, 6.45) is 10.2. The van der Waals surface area contributed by atoms with Crippen LogP contribution in [0.2, 0.25) is 0 Å². The van der Waals surface area contributed by atoms with Crippen LogP contribution in [0.25, 0.3) is 0 Å². The molecule has 0 aromatic rings. The van der Waals surface area contributed by atoms with Crippen molar-refractivity contribution in [3.05, 3.63) is 0 Å². The molecule has 2 rings (SSSR count). The minimum Gasteiger partial charge on any atom is -0.316 e. The molecule has 1 aliphatic carbocycles. The smallest absolute Gasteiger partial charge is 0.000781 e. The molecule has 1 nitrogen and oxygen atoms in total. The van der Waals surface area contributed by atoms with Crippen molar-refractivity contribution in [2.24, 2.45) is 16.7 Å². The fourth-order valence-electron chi connectivity index (χ4n) is 3.80. The van der Waals surface area contributed by atoms with E-state index in [2.05, 4.69) is 26.1 Å². The highest BCUT2D eigenvalue weighted by Gasteiger charge is 2.36. The molecule has 1 aliphatic heterocycles. The van der Waals surface area contributed by atoms with Gasteiger partial charge in [-0.25, -0.2) is 0 Å². The Kier molecular flexibility index (Phi) is 3.63. The molecule has 1 N–H and O–H groups in total. The van der Waals surface area contributed by atoms with E-state index in [1.165, 1.54) is 58.0 Å². The number of hydrogen-bond donors (Lipinski definition) is 1. The predicted octanol–water partition coefficient (Wildman–Crippen LogP) is 3.98. The van der Waals surface area contributed by atoms with E-state index in [9.17, 15) is 0 Å². The molecule has 2 atom stereocenters. The van der Waals surface area contributed by atoms with Crippen LogP contribution in [0, 0.1) is 16.7 Å². The van der Waals surface area contributed by atoms with E-state index < -0.39 is 0 Å². The number of piperidine rings is 1. The van der Waals surface area contributed by atoms with E-state index in [1.54, 1.807) is 0 Å². The molecule has 0 radical (unpaired) electrons. The van der Waals surface area contributed by atoms with Gasteiger partial charge in [-0.05, 0) is 61.8 Å². The van der Waals surface area contributed by atoms with E-state index in [0.29, 0.717) is 10.8 Å². The second-order valence-corrected chi connectivity index (χ2v) is 7.27. The molecule has 2 fully saturated rings. The molecule has 16 heavy (non-hydrogen) atoms. The van der Waals surface area contributed by atoms with Gasteiger partial charge in [0.1, 0.15) is 0 Å². The van der Waals surface area contributed by atoms with Crippen LogP contribution in [-0.2, 0) is 0 Å². The highest BCUT2D eigenvalue weighted by molar-refractivity contribution is 4.90. The molecule has 0 aromatic carbocycles. The van der Waals surface area contributed by atoms with Crippen molar-refractivity contribution in [3.63, 3.8) is 0 Å². The average Bonchev–Trinajstić information content (AvgIpc) is 2.42. The Hall–Kier alpha value is -0.0400. The van der Waals surface area contributed by atoms with E-state index in [4.69, 9.17) is 0 Å². The van der Waals surface area contributed by atoms with Crippen LogP contribution in [0.15, 0.2) is 0 Å². The van der Waals surface area contributed by atoms with Gasteiger partial charge in [-0.2, -0.15) is 0 Å². The van der Waals surface area contributed by atoms with Gasteiger partial charge < -0.3 is 5.32 Å². The zero-order chi connectivity index (χ0) is 11.6. The Labute approximate surface area is 101 Å². The van der Waals surface area contributed by atoms with Crippen molar-refractivity contribution in [1.29, 1.82) is 0 Å². The van der Waals surface area contributed by atoms with Crippen molar-refractivity contribution in [2.45, 2.75) is 65.7 Å². The summed E-state index contributed by atoms with van der Waals surface area (Å²) in [5.41, 5.74) is 1.20. The van der Waals surface area contributed by atoms with E-state index >= 15 is 0 Å². The average molecular weight is 223 g/mol. The molecule has 2 unspecified atom stereocenters. The molecule has 2 aliphatic rings. The maximum atomic E-state index is 3.63. The molecule has 1 heteroatoms. The van der Waals surface area contributed by atoms with E-state index in [1.807, 2.05) is 0 Å². The standard InChI is InChI=1S/C15H29N/c1-14(2,3)13-6-4-8-15(10-7-13)9-5-11-16-12-15/h13,16H,4-12H2,1-3H3. The first kappa shape index (κ1) is 12.4. The second-order valence-electron chi connectivity index (χ2n) is 7.27. The molecule has 0 amide bonds. The van der Waals surface area contributed by atoms with Crippen LogP contribution in [0.4, 0.5) is 0 Å². The van der Waals surface area contributed by atoms with Gasteiger partial charge in [0.2, 0.25) is 0 Å². The van der Waals surface area contributed by atoms with Gasteiger partial charge in [-0.15, -0.1) is 0 Å². The van der Waals surface area contributed by atoms with Gasteiger partial charge >= 0.3 is 0 Å². The summed E-state index contributed by atoms with van der Waals surface area (Å²) < 4.78 is 0. The van der Waals surface area contributed by atoms with E-state index in [-0.39, 0.29) is 0 Å². The van der Waals surface area contributed by atoms with Crippen LogP contribution >= 0.6 is 0 Å². The molecule has 1 heterocycles. The maximum absolute atomic E-state index is 3.63. The summed E-state index contributed by atoms with van der Waals surface area (Å²) in [5, 5.41) is 3.63. The third-order valence-electron chi connectivity index (χ3n) is 5.07. The Morgan fingerprint density at radius 2 is 1.75 bits per heavy atom. The summed E-state index contributed by atoms with van der Waals surface area (Å²) in [5.74, 6) is 0.953. The number of hydrogen-bond acceptors (Lipinski definition) is 1. The monoisotopic (exact) mass is 223 g/mol. The van der Waals surface area contributed by atoms with Crippen molar-refractivity contribution < 1.29 is 0 Å². The lowest BCUT2D eigenvalue weighted by atomic mass is 9.72. The summed E-state index contributed by atoms with van der Waals surface area (Å²) >= 11 is 0. The summed E-state index contributed by atoms with van der Waals surface area (Å²) in [4.78, 5) is 0. The Morgan fingerprint density at radius 1 is 1.00 bits per heavy atom. The third kappa shape index (κ3) is 2.80. The fourth-order valence-corrected chi connectivity index (χ4v) is 3.80. The van der Waals surface area contributed by atoms with Gasteiger partial charge in [-0.1, -0.05) is 27.2 Å². The number of rotatable bonds is 0. The highest BCUT2D eigenvalue weighted by atomic mass is 14.9. The molecule has 0 aromatic heterocycles. The van der Waals surface area contributed by atoms with Crippen LogP contribution in [0.1, 0.15) is 65.7 Å². The lowest BCUT2D eigenvalue weighted by Gasteiger charge is -2.37. The van der Waals surface area contributed by atoms with Crippen molar-refractivity contribution in [2.75, 3.05) is 13.1 Å². The molecular weight excluding hydrogens is 194 g/mol. The summed E-state index contributed by atoms with van der Waals surface area (Å²) in [7, 11) is 0. The lowest BCUT2D eigenvalue weighted by molar-refractivity contribution is 0.163. The first-order valence-electron chi connectivity index (χ1n) is 7.23. The largest absolute Gasteiger partial charge is 0.316 e. The van der Waals surface area contributed by atoms with Crippen molar-refractivity contribution in [3.8, 4) is 0 Å². The lowest BCUT2D eigenvalue weighted by Crippen LogP contribution is -2.39. The van der Waals surface area contributed by atoms with Crippen LogP contribution in [0.3, 0.4) is 0 Å². The Morgan fingerprint density at radius 3 is 2.38 bits per heavy atom. The number of nitrogens with one attached hydrogen (secondary N) is 1. The first-order chi connectivity index (χ1) is 7.52. The van der Waals surface area contributed by atoms with E-state index in [0.717, 1.165) is 5.92 Å². The summed E-state index contributed by atoms with van der Waals surface area (Å²) in [6, 6.07) is 0. The Bertz CT molecular complexity index is 220. The molecule has 1 spiro atoms. The van der Waals surface area contributed by atoms with Crippen molar-refractivity contribution in [1.82, 2.24) is 5.32 Å². The normalized spacial score (nSPS) is 37.3. The van der Waals surface area contributed by atoms with Gasteiger partial charge in [-0.3, -0.25) is 0 Å². The van der Waals surface area contributed by atoms with Gasteiger partial charge in [0.25, 0.3) is 0 Å². The van der Waals surface area contributed by atoms with Gasteiger partial charge in [0.05, 0.1) is 0 Å². The van der Waals surface area contributed by atoms with Crippen molar-refractivity contribution >= 4 is 0 Å². The SMILES string of the molecule is CC(C)(C)C1CCCC2(CCCNC2)CC1. The second kappa shape index (κ2) is 4.68. The molecule has 1 saturated heterocycles. The highest BCUT2D eigenvalue weighted by Crippen LogP contribution is 2.45. The maximum Gasteiger partial charge on any atom is 0.000781 e. The van der Waals surface area contributed by atoms with Gasteiger partial charge in [0, 0.05) is 6.54 Å². The fraction of sp³-hybridized carbons (Fsp3) is 1.00. The molecule has 0 bridgehead atoms. The zero-order valence-electron chi connectivity index (χ0n) is 11.4. The minimum absolute atomic E-state index is 0.521. The van der Waals surface area contributed by atoms with Gasteiger partial charge in [0.15, 0.2) is 0 Å². The molecule has 1 saturated carbocycles. The predicted molar refractivity (Wildman–Crippen MR) is 70.6 cm³/mol. The summed E-state index contributed by atoms with van der Waals surface area (Å²) in [6.45, 7) is 9.83. The minimum atomic E-state index is 0.521. The quantitative estimate of drug-likeness (QED) is 0.655. The molecular formula is C15H29N.